The first-order valence-electron chi connectivity index (χ1n) is 8.79. The second-order valence-corrected chi connectivity index (χ2v) is 9.09. The zero-order valence-corrected chi connectivity index (χ0v) is 17.8. The Balaban J connectivity index is 1.77. The van der Waals surface area contributed by atoms with Gasteiger partial charge >= 0.3 is 0 Å². The highest BCUT2D eigenvalue weighted by Crippen LogP contribution is 2.26. The number of rotatable bonds is 7. The zero-order chi connectivity index (χ0) is 21.2. The number of hydrogen-bond acceptors (Lipinski definition) is 4. The molecule has 0 radical (unpaired) electrons. The van der Waals surface area contributed by atoms with Gasteiger partial charge in [-0.25, -0.2) is 14.1 Å². The van der Waals surface area contributed by atoms with Crippen LogP contribution in [0.2, 0.25) is 5.02 Å². The molecule has 3 aromatic rings. The second-order valence-electron chi connectivity index (χ2n) is 6.59. The Bertz CT molecular complexity index is 1050. The number of nitrogens with zero attached hydrogens (tertiary/aromatic N) is 5. The van der Waals surface area contributed by atoms with Crippen LogP contribution >= 0.6 is 11.6 Å². The first kappa shape index (κ1) is 21.4. The van der Waals surface area contributed by atoms with E-state index >= 15 is 0 Å². The lowest BCUT2D eigenvalue weighted by Gasteiger charge is -2.29. The first-order valence-corrected chi connectivity index (χ1v) is 10.6. The molecule has 1 unspecified atom stereocenters. The number of hydrogen-bond donors (Lipinski definition) is 0. The van der Waals surface area contributed by atoms with Gasteiger partial charge in [-0.05, 0) is 36.8 Å². The number of aromatic nitrogens is 3. The predicted molar refractivity (Wildman–Crippen MR) is 109 cm³/mol. The van der Waals surface area contributed by atoms with Crippen LogP contribution in [0.25, 0.3) is 5.69 Å². The van der Waals surface area contributed by atoms with Gasteiger partial charge in [0.05, 0.1) is 5.69 Å². The molecule has 0 aliphatic carbocycles. The normalized spacial score (nSPS) is 13.2. The lowest BCUT2D eigenvalue weighted by Crippen LogP contribution is -2.40. The van der Waals surface area contributed by atoms with Gasteiger partial charge < -0.3 is 0 Å². The average molecular weight is 438 g/mol. The second kappa shape index (κ2) is 8.58. The molecule has 1 heterocycles. The lowest BCUT2D eigenvalue weighted by atomic mass is 10.1. The third-order valence-corrected chi connectivity index (χ3v) is 7.12. The van der Waals surface area contributed by atoms with Crippen LogP contribution in [0.4, 0.5) is 4.39 Å². The third kappa shape index (κ3) is 4.48. The topological polar surface area (TPSA) is 71.3 Å². The number of halogens is 2. The van der Waals surface area contributed by atoms with E-state index in [1.807, 2.05) is 24.3 Å². The molecule has 29 heavy (non-hydrogen) atoms. The molecule has 0 saturated carbocycles. The maximum absolute atomic E-state index is 14.0. The summed E-state index contributed by atoms with van der Waals surface area (Å²) in [5.74, 6) is -0.543. The fourth-order valence-electron chi connectivity index (χ4n) is 2.86. The Morgan fingerprint density at radius 2 is 1.86 bits per heavy atom. The van der Waals surface area contributed by atoms with Gasteiger partial charge in [0.15, 0.2) is 0 Å². The van der Waals surface area contributed by atoms with Crippen molar-refractivity contribution < 1.29 is 12.8 Å². The van der Waals surface area contributed by atoms with E-state index in [1.54, 1.807) is 17.9 Å². The fraction of sp³-hybridized carbons (Fsp3) is 0.263. The van der Waals surface area contributed by atoms with Crippen LogP contribution in [0, 0.1) is 5.82 Å². The van der Waals surface area contributed by atoms with E-state index in [0.29, 0.717) is 0 Å². The predicted octanol–water partition coefficient (Wildman–Crippen LogP) is 3.43. The van der Waals surface area contributed by atoms with Crippen LogP contribution in [-0.2, 0) is 16.8 Å². The van der Waals surface area contributed by atoms with Crippen LogP contribution < -0.4 is 0 Å². The molecule has 10 heteroatoms. The van der Waals surface area contributed by atoms with Crippen molar-refractivity contribution in [1.29, 1.82) is 0 Å². The fourth-order valence-corrected chi connectivity index (χ4v) is 4.34. The molecule has 0 amide bonds. The van der Waals surface area contributed by atoms with E-state index in [1.165, 1.54) is 42.9 Å². The number of benzene rings is 2. The highest BCUT2D eigenvalue weighted by molar-refractivity contribution is 7.86. The largest absolute Gasteiger partial charge is 0.282 e. The van der Waals surface area contributed by atoms with Gasteiger partial charge in [-0.15, -0.1) is 0 Å². The van der Waals surface area contributed by atoms with Crippen LogP contribution in [0.3, 0.4) is 0 Å². The molecule has 7 nitrogen and oxygen atoms in total. The molecule has 0 N–H and O–H groups in total. The molecule has 1 aromatic heterocycles. The van der Waals surface area contributed by atoms with Crippen molar-refractivity contribution >= 4 is 21.8 Å². The SMILES string of the molecule is CC(c1ccc(-n2cncn2)cc1)N(C)S(=O)(=O)N(C)Cc1c(F)cccc1Cl. The Hall–Kier alpha value is -2.33. The summed E-state index contributed by atoms with van der Waals surface area (Å²) in [5.41, 5.74) is 1.76. The lowest BCUT2D eigenvalue weighted by molar-refractivity contribution is 0.345. The molecular formula is C19H21ClFN5O2S. The zero-order valence-electron chi connectivity index (χ0n) is 16.2. The summed E-state index contributed by atoms with van der Waals surface area (Å²) in [7, 11) is -0.969. The van der Waals surface area contributed by atoms with Crippen molar-refractivity contribution in [2.24, 2.45) is 0 Å². The van der Waals surface area contributed by atoms with Crippen LogP contribution in [0.15, 0.2) is 55.1 Å². The van der Waals surface area contributed by atoms with E-state index in [4.69, 9.17) is 11.6 Å². The minimum atomic E-state index is -3.86. The maximum atomic E-state index is 14.0. The summed E-state index contributed by atoms with van der Waals surface area (Å²) in [5, 5.41) is 4.25. The minimum absolute atomic E-state index is 0.137. The molecule has 154 valence electrons. The van der Waals surface area contributed by atoms with Crippen molar-refractivity contribution in [3.63, 3.8) is 0 Å². The first-order chi connectivity index (χ1) is 13.7. The summed E-state index contributed by atoms with van der Waals surface area (Å²) >= 11 is 6.03. The monoisotopic (exact) mass is 437 g/mol. The maximum Gasteiger partial charge on any atom is 0.282 e. The standard InChI is InChI=1S/C19H21ClFN5O2S/c1-14(15-7-9-16(10-8-15)26-13-22-12-23-26)25(3)29(27,28)24(2)11-17-18(20)5-4-6-19(17)21/h4-10,12-14H,11H2,1-3H3. The molecule has 3 rings (SSSR count). The molecule has 0 saturated heterocycles. The molecule has 0 aliphatic heterocycles. The average Bonchev–Trinajstić information content (AvgIpc) is 3.24. The summed E-state index contributed by atoms with van der Waals surface area (Å²) < 4.78 is 44.0. The minimum Gasteiger partial charge on any atom is -0.223 e. The van der Waals surface area contributed by atoms with Crippen molar-refractivity contribution in [2.45, 2.75) is 19.5 Å². The van der Waals surface area contributed by atoms with E-state index in [0.717, 1.165) is 15.6 Å². The Morgan fingerprint density at radius 1 is 1.17 bits per heavy atom. The van der Waals surface area contributed by atoms with Crippen LogP contribution in [-0.4, -0.2) is 45.9 Å². The van der Waals surface area contributed by atoms with Crippen molar-refractivity contribution in [2.75, 3.05) is 14.1 Å². The molecule has 0 fully saturated rings. The Kier molecular flexibility index (Phi) is 6.33. The van der Waals surface area contributed by atoms with Crippen molar-refractivity contribution in [3.8, 4) is 5.69 Å². The van der Waals surface area contributed by atoms with Crippen molar-refractivity contribution in [3.05, 3.63) is 77.1 Å². The van der Waals surface area contributed by atoms with Gasteiger partial charge in [0.25, 0.3) is 10.2 Å². The summed E-state index contributed by atoms with van der Waals surface area (Å²) in [6, 6.07) is 11.2. The van der Waals surface area contributed by atoms with Gasteiger partial charge in [-0.3, -0.25) is 0 Å². The van der Waals surface area contributed by atoms with Crippen LogP contribution in [0.5, 0.6) is 0 Å². The molecule has 1 atom stereocenters. The van der Waals surface area contributed by atoms with Gasteiger partial charge in [-0.2, -0.15) is 22.1 Å². The Labute approximate surface area is 174 Å². The summed E-state index contributed by atoms with van der Waals surface area (Å²) in [4.78, 5) is 3.91. The summed E-state index contributed by atoms with van der Waals surface area (Å²) in [6.07, 6.45) is 3.02. The molecular weight excluding hydrogens is 417 g/mol. The quantitative estimate of drug-likeness (QED) is 0.567. The Morgan fingerprint density at radius 3 is 2.45 bits per heavy atom. The molecule has 0 spiro atoms. The van der Waals surface area contributed by atoms with E-state index in [2.05, 4.69) is 10.1 Å². The molecule has 0 bridgehead atoms. The third-order valence-electron chi connectivity index (χ3n) is 4.80. The highest BCUT2D eigenvalue weighted by atomic mass is 35.5. The summed E-state index contributed by atoms with van der Waals surface area (Å²) in [6.45, 7) is 1.61. The van der Waals surface area contributed by atoms with E-state index in [9.17, 15) is 12.8 Å². The van der Waals surface area contributed by atoms with Gasteiger partial charge in [0, 0.05) is 37.3 Å². The van der Waals surface area contributed by atoms with Gasteiger partial charge in [0.2, 0.25) is 0 Å². The highest BCUT2D eigenvalue weighted by Gasteiger charge is 2.29. The van der Waals surface area contributed by atoms with E-state index < -0.39 is 22.1 Å². The van der Waals surface area contributed by atoms with Gasteiger partial charge in [-0.1, -0.05) is 29.8 Å². The smallest absolute Gasteiger partial charge is 0.223 e. The van der Waals surface area contributed by atoms with Crippen LogP contribution in [0.1, 0.15) is 24.1 Å². The van der Waals surface area contributed by atoms with Gasteiger partial charge in [0.1, 0.15) is 18.5 Å². The van der Waals surface area contributed by atoms with E-state index in [-0.39, 0.29) is 17.1 Å². The molecule has 0 aliphatic rings. The molecule has 2 aromatic carbocycles. The van der Waals surface area contributed by atoms with Crippen molar-refractivity contribution in [1.82, 2.24) is 23.4 Å².